The molecule has 3 rings (SSSR count). The highest BCUT2D eigenvalue weighted by Gasteiger charge is 2.35. The Hall–Kier alpha value is -2.67. The van der Waals surface area contributed by atoms with E-state index < -0.39 is 33.6 Å². The predicted molar refractivity (Wildman–Crippen MR) is 147 cm³/mol. The van der Waals surface area contributed by atoms with E-state index in [-0.39, 0.29) is 57.9 Å². The lowest BCUT2D eigenvalue weighted by molar-refractivity contribution is -0.138. The number of amides is 2. The van der Waals surface area contributed by atoms with E-state index in [1.54, 1.807) is 19.0 Å². The molecule has 1 aliphatic rings. The third kappa shape index (κ3) is 8.42. The number of benzene rings is 2. The van der Waals surface area contributed by atoms with Gasteiger partial charge in [0.15, 0.2) is 9.84 Å². The minimum atomic E-state index is -4.72. The molecule has 0 spiro atoms. The molecule has 2 N–H and O–H groups in total. The SMILES string of the molecule is CCS(=O)(=O)c1ccc(Cl)cc1CNC(=O)c1ccc(CN2CCCC[C@@H]2NC(=O)CN(C)C)c(C(F)(F)F)c1. The molecule has 0 unspecified atom stereocenters. The highest BCUT2D eigenvalue weighted by atomic mass is 35.5. The Morgan fingerprint density at radius 3 is 2.48 bits per heavy atom. The molecule has 0 radical (unpaired) electrons. The monoisotopic (exact) mass is 602 g/mol. The second-order valence-corrected chi connectivity index (χ2v) is 12.7. The highest BCUT2D eigenvalue weighted by molar-refractivity contribution is 7.91. The summed E-state index contributed by atoms with van der Waals surface area (Å²) < 4.78 is 67.2. The average Bonchev–Trinajstić information content (AvgIpc) is 2.87. The minimum absolute atomic E-state index is 0.000197. The maximum atomic E-state index is 14.1. The van der Waals surface area contributed by atoms with Gasteiger partial charge in [-0.05, 0) is 74.8 Å². The van der Waals surface area contributed by atoms with Gasteiger partial charge in [-0.2, -0.15) is 13.2 Å². The average molecular weight is 603 g/mol. The number of piperidine rings is 1. The molecule has 0 bridgehead atoms. The highest BCUT2D eigenvalue weighted by Crippen LogP contribution is 2.34. The molecule has 1 saturated heterocycles. The number of likely N-dealkylation sites (N-methyl/N-ethyl adjacent to an activating group) is 1. The molecule has 2 aromatic rings. The summed E-state index contributed by atoms with van der Waals surface area (Å²) in [6, 6.07) is 7.56. The van der Waals surface area contributed by atoms with Gasteiger partial charge in [-0.3, -0.25) is 14.5 Å². The van der Waals surface area contributed by atoms with Crippen molar-refractivity contribution in [1.29, 1.82) is 0 Å². The number of hydrogen-bond acceptors (Lipinski definition) is 6. The molecule has 8 nitrogen and oxygen atoms in total. The van der Waals surface area contributed by atoms with E-state index in [1.807, 2.05) is 4.90 Å². The molecule has 1 aliphatic heterocycles. The topological polar surface area (TPSA) is 98.8 Å². The summed E-state index contributed by atoms with van der Waals surface area (Å²) in [5, 5.41) is 5.68. The summed E-state index contributed by atoms with van der Waals surface area (Å²) in [7, 11) is -0.101. The van der Waals surface area contributed by atoms with Crippen molar-refractivity contribution in [3.8, 4) is 0 Å². The van der Waals surface area contributed by atoms with Crippen molar-refractivity contribution in [2.75, 3.05) is 32.9 Å². The molecule has 2 aromatic carbocycles. The number of hydrogen-bond donors (Lipinski definition) is 2. The van der Waals surface area contributed by atoms with Gasteiger partial charge in [-0.15, -0.1) is 0 Å². The van der Waals surface area contributed by atoms with Crippen LogP contribution in [-0.4, -0.2) is 69.1 Å². The van der Waals surface area contributed by atoms with E-state index in [4.69, 9.17) is 11.6 Å². The number of nitrogens with one attached hydrogen (secondary N) is 2. The lowest BCUT2D eigenvalue weighted by Gasteiger charge is -2.36. The molecule has 1 fully saturated rings. The fourth-order valence-electron chi connectivity index (χ4n) is 4.62. The van der Waals surface area contributed by atoms with Crippen molar-refractivity contribution >= 4 is 33.3 Å². The van der Waals surface area contributed by atoms with E-state index in [0.29, 0.717) is 13.0 Å². The zero-order chi connectivity index (χ0) is 29.7. The molecular weight excluding hydrogens is 569 g/mol. The van der Waals surface area contributed by atoms with Gasteiger partial charge >= 0.3 is 6.18 Å². The van der Waals surface area contributed by atoms with Crippen LogP contribution in [-0.2, 0) is 33.9 Å². The number of likely N-dealkylation sites (tertiary alicyclic amines) is 1. The van der Waals surface area contributed by atoms with E-state index in [9.17, 15) is 31.2 Å². The Bertz CT molecular complexity index is 1340. The van der Waals surface area contributed by atoms with Crippen LogP contribution in [0.15, 0.2) is 41.3 Å². The van der Waals surface area contributed by atoms with Crippen LogP contribution in [0.4, 0.5) is 13.2 Å². The van der Waals surface area contributed by atoms with Crippen LogP contribution >= 0.6 is 11.6 Å². The maximum absolute atomic E-state index is 14.1. The number of nitrogens with zero attached hydrogens (tertiary/aromatic N) is 2. The largest absolute Gasteiger partial charge is 0.416 e. The van der Waals surface area contributed by atoms with Crippen molar-refractivity contribution in [2.45, 2.75) is 56.5 Å². The molecule has 13 heteroatoms. The normalized spacial score (nSPS) is 16.6. The summed E-state index contributed by atoms with van der Waals surface area (Å²) in [6.07, 6.45) is -2.85. The fourth-order valence-corrected chi connectivity index (χ4v) is 5.93. The molecule has 2 amide bonds. The second-order valence-electron chi connectivity index (χ2n) is 10.00. The van der Waals surface area contributed by atoms with Crippen LogP contribution in [0.3, 0.4) is 0 Å². The van der Waals surface area contributed by atoms with Crippen LogP contribution in [0.25, 0.3) is 0 Å². The molecular formula is C27H34ClF3N4O4S. The number of sulfone groups is 1. The van der Waals surface area contributed by atoms with Gasteiger partial charge in [0.25, 0.3) is 5.91 Å². The number of carbonyl (C=O) groups excluding carboxylic acids is 2. The van der Waals surface area contributed by atoms with Gasteiger partial charge in [0.05, 0.1) is 28.9 Å². The first-order valence-corrected chi connectivity index (χ1v) is 14.9. The maximum Gasteiger partial charge on any atom is 0.416 e. The molecule has 0 aromatic heterocycles. The summed E-state index contributed by atoms with van der Waals surface area (Å²) >= 11 is 6.01. The molecule has 40 heavy (non-hydrogen) atoms. The number of alkyl halides is 3. The Morgan fingerprint density at radius 1 is 1.10 bits per heavy atom. The number of carbonyl (C=O) groups is 2. The summed E-state index contributed by atoms with van der Waals surface area (Å²) in [4.78, 5) is 28.7. The number of halogens is 4. The van der Waals surface area contributed by atoms with Crippen molar-refractivity contribution in [3.05, 3.63) is 63.7 Å². The zero-order valence-electron chi connectivity index (χ0n) is 22.6. The zero-order valence-corrected chi connectivity index (χ0v) is 24.2. The molecule has 0 aliphatic carbocycles. The van der Waals surface area contributed by atoms with E-state index in [0.717, 1.165) is 18.9 Å². The van der Waals surface area contributed by atoms with Gasteiger partial charge in [0, 0.05) is 30.2 Å². The molecule has 220 valence electrons. The Morgan fingerprint density at radius 2 is 1.82 bits per heavy atom. The van der Waals surface area contributed by atoms with E-state index >= 15 is 0 Å². The molecule has 1 atom stereocenters. The van der Waals surface area contributed by atoms with Crippen molar-refractivity contribution in [2.24, 2.45) is 0 Å². The quantitative estimate of drug-likeness (QED) is 0.425. The second kappa shape index (κ2) is 13.3. The van der Waals surface area contributed by atoms with E-state index in [2.05, 4.69) is 10.6 Å². The van der Waals surface area contributed by atoms with Gasteiger partial charge in [-0.25, -0.2) is 8.42 Å². The summed E-state index contributed by atoms with van der Waals surface area (Å²) in [5.74, 6) is -1.16. The first-order valence-electron chi connectivity index (χ1n) is 12.9. The fraction of sp³-hybridized carbons (Fsp3) is 0.481. The lowest BCUT2D eigenvalue weighted by Crippen LogP contribution is -2.52. The predicted octanol–water partition coefficient (Wildman–Crippen LogP) is 4.07. The molecule has 0 saturated carbocycles. The smallest absolute Gasteiger partial charge is 0.348 e. The third-order valence-corrected chi connectivity index (χ3v) is 8.69. The van der Waals surface area contributed by atoms with Crippen molar-refractivity contribution < 1.29 is 31.2 Å². The lowest BCUT2D eigenvalue weighted by atomic mass is 10.00. The minimum Gasteiger partial charge on any atom is -0.348 e. The van der Waals surface area contributed by atoms with E-state index in [1.165, 1.54) is 37.3 Å². The molecule has 1 heterocycles. The van der Waals surface area contributed by atoms with Crippen LogP contribution in [0, 0.1) is 0 Å². The Labute approximate surface area is 237 Å². The van der Waals surface area contributed by atoms with Gasteiger partial charge in [-0.1, -0.05) is 24.6 Å². The Balaban J connectivity index is 1.81. The first-order chi connectivity index (χ1) is 18.7. The number of rotatable bonds is 10. The summed E-state index contributed by atoms with van der Waals surface area (Å²) in [6.45, 7) is 1.89. The summed E-state index contributed by atoms with van der Waals surface area (Å²) in [5.41, 5.74) is -0.930. The van der Waals surface area contributed by atoms with Gasteiger partial charge in [0.1, 0.15) is 0 Å². The van der Waals surface area contributed by atoms with Crippen molar-refractivity contribution in [1.82, 2.24) is 20.4 Å². The van der Waals surface area contributed by atoms with Gasteiger partial charge in [0.2, 0.25) is 5.91 Å². The standard InChI is InChI=1S/C27H34ClF3N4O4S/c1-4-40(38,39)23-11-10-21(28)13-20(23)15-32-26(37)18-8-9-19(22(14-18)27(29,30)31)16-35-12-6-5-7-24(35)33-25(36)17-34(2)3/h8-11,13-14,24H,4-7,12,15-17H2,1-3H3,(H,32,37)(H,33,36)/t24-/m1/s1. The van der Waals surface area contributed by atoms with Crippen LogP contribution < -0.4 is 10.6 Å². The van der Waals surface area contributed by atoms with Crippen LogP contribution in [0.1, 0.15) is 53.2 Å². The third-order valence-electron chi connectivity index (χ3n) is 6.63. The first kappa shape index (κ1) is 31.9. The van der Waals surface area contributed by atoms with Gasteiger partial charge < -0.3 is 15.5 Å². The van der Waals surface area contributed by atoms with Crippen molar-refractivity contribution in [3.63, 3.8) is 0 Å². The Kier molecular flexibility index (Phi) is 10.6. The van der Waals surface area contributed by atoms with Crippen LogP contribution in [0.5, 0.6) is 0 Å². The van der Waals surface area contributed by atoms with Crippen LogP contribution in [0.2, 0.25) is 5.02 Å².